The van der Waals surface area contributed by atoms with E-state index >= 15 is 4.39 Å². The molecule has 3 N–H and O–H groups in total. The number of fused-ring (bicyclic) bond motifs is 2. The zero-order valence-corrected chi connectivity index (χ0v) is 36.8. The topological polar surface area (TPSA) is 127 Å². The van der Waals surface area contributed by atoms with Gasteiger partial charge >= 0.3 is 6.18 Å². The number of rotatable bonds is 12. The fraction of sp³-hybridized carbons (Fsp3) is 0.415. The van der Waals surface area contributed by atoms with Crippen LogP contribution < -0.4 is 10.0 Å². The molecule has 0 aliphatic heterocycles. The minimum absolute atomic E-state index is 0.0153. The summed E-state index contributed by atoms with van der Waals surface area (Å²) in [7, 11) is -0.802. The van der Waals surface area contributed by atoms with Crippen molar-refractivity contribution in [2.75, 3.05) is 24.3 Å². The van der Waals surface area contributed by atoms with Gasteiger partial charge in [-0.2, -0.15) is 32.1 Å². The molecule has 0 saturated heterocycles. The molecule has 3 heterocycles. The maximum absolute atomic E-state index is 15.8. The van der Waals surface area contributed by atoms with E-state index in [1.807, 2.05) is 20.1 Å². The third-order valence-electron chi connectivity index (χ3n) is 9.75. The van der Waals surface area contributed by atoms with Gasteiger partial charge in [-0.15, -0.1) is 11.8 Å². The molecular weight excluding hydrogens is 890 g/mol. The van der Waals surface area contributed by atoms with Crippen molar-refractivity contribution in [3.05, 3.63) is 93.0 Å². The molecular formula is C41H42ClF8N7O3S2. The molecule has 21 heteroatoms. The number of alkyl halides is 6. The molecule has 62 heavy (non-hydrogen) atoms. The van der Waals surface area contributed by atoms with Gasteiger partial charge in [0, 0.05) is 43.0 Å². The third-order valence-corrected chi connectivity index (χ3v) is 11.7. The Kier molecular flexibility index (Phi) is 14.5. The van der Waals surface area contributed by atoms with Gasteiger partial charge in [0.2, 0.25) is 5.91 Å². The molecule has 3 aromatic heterocycles. The normalized spacial score (nSPS) is 16.2. The number of aliphatic hydroxyl groups is 1. The number of nitrogens with zero attached hydrogens (tertiary/aromatic N) is 5. The average molecular weight is 932 g/mol. The lowest BCUT2D eigenvalue weighted by Gasteiger charge is -2.23. The van der Waals surface area contributed by atoms with Gasteiger partial charge in [-0.25, -0.2) is 22.4 Å². The highest BCUT2D eigenvalue weighted by Gasteiger charge is 2.45. The number of aromatic nitrogens is 5. The molecule has 0 radical (unpaired) electrons. The lowest BCUT2D eigenvalue weighted by Crippen LogP contribution is -2.35. The van der Waals surface area contributed by atoms with E-state index in [9.17, 15) is 39.7 Å². The number of benzene rings is 2. The summed E-state index contributed by atoms with van der Waals surface area (Å²) >= 11 is 8.01. The molecule has 0 saturated carbocycles. The van der Waals surface area contributed by atoms with Crippen molar-refractivity contribution in [3.63, 3.8) is 0 Å². The summed E-state index contributed by atoms with van der Waals surface area (Å²) in [5.41, 5.74) is -2.86. The monoisotopic (exact) mass is 931 g/mol. The maximum atomic E-state index is 15.8. The molecule has 3 atom stereocenters. The van der Waals surface area contributed by atoms with Crippen molar-refractivity contribution >= 4 is 57.0 Å². The molecule has 6 rings (SSSR count). The highest BCUT2D eigenvalue weighted by molar-refractivity contribution is 8.00. The van der Waals surface area contributed by atoms with Crippen LogP contribution in [0.4, 0.5) is 40.9 Å². The van der Waals surface area contributed by atoms with E-state index in [2.05, 4.69) is 32.1 Å². The predicted molar refractivity (Wildman–Crippen MR) is 224 cm³/mol. The summed E-state index contributed by atoms with van der Waals surface area (Å²) < 4.78 is 132. The van der Waals surface area contributed by atoms with Crippen molar-refractivity contribution < 1.29 is 49.2 Å². The molecule has 334 valence electrons. The average Bonchev–Trinajstić information content (AvgIpc) is 3.81. The first-order valence-corrected chi connectivity index (χ1v) is 21.8. The van der Waals surface area contributed by atoms with Crippen LogP contribution in [0, 0.1) is 23.5 Å². The second-order valence-electron chi connectivity index (χ2n) is 15.1. The molecule has 3 unspecified atom stereocenters. The molecule has 0 fully saturated rings. The lowest BCUT2D eigenvalue weighted by molar-refractivity contribution is -0.141. The zero-order valence-electron chi connectivity index (χ0n) is 34.4. The molecule has 10 nitrogen and oxygen atoms in total. The van der Waals surface area contributed by atoms with Crippen LogP contribution in [0.5, 0.6) is 0 Å². The van der Waals surface area contributed by atoms with E-state index < -0.39 is 75.9 Å². The molecule has 1 amide bonds. The van der Waals surface area contributed by atoms with Crippen LogP contribution in [0.15, 0.2) is 42.5 Å². The van der Waals surface area contributed by atoms with Crippen LogP contribution >= 0.6 is 23.4 Å². The van der Waals surface area contributed by atoms with E-state index in [-0.39, 0.29) is 80.3 Å². The van der Waals surface area contributed by atoms with Gasteiger partial charge in [0.05, 0.1) is 38.1 Å². The fourth-order valence-corrected chi connectivity index (χ4v) is 7.92. The smallest absolute Gasteiger partial charge is 0.400 e. The minimum atomic E-state index is -4.80. The van der Waals surface area contributed by atoms with Crippen LogP contribution in [0.2, 0.25) is 5.02 Å². The van der Waals surface area contributed by atoms with Gasteiger partial charge in [0.25, 0.3) is 5.92 Å². The standard InChI is InChI=1S/C40H38ClF8N7O2S2.CH4O/c1-37(2,59-5)13-11-24-7-8-25(26-9-10-28(41)31-33(26)56(20-40(47,48)49)53-36(31)54-60(6)58)32(50-24)29(17-21-15-22(42)18-23(43)16-21)51-30(57)19-55-35-27(12-14-38(35,3)44)34(52-55)39(4,45)46;1-2/h7-10,15-16,18,29H,12,14,17,19-20H2,1-6H3,(H,51,57)(H,53,54);2H,1H3. The second kappa shape index (κ2) is 18.6. The Morgan fingerprint density at radius 3 is 2.27 bits per heavy atom. The molecule has 1 aliphatic carbocycles. The fourth-order valence-electron chi connectivity index (χ4n) is 7.11. The SMILES string of the molecule is CO.CSC(C)(C)C#Cc1ccc(-c2ccc(Cl)c3c(NS(C)=O)nn(CC(F)(F)F)c23)c(C(Cc2cc(F)cc(F)c2)NC(=O)Cn2nc(C(C)(F)F)c3c2C(C)(F)CC3)n1. The summed E-state index contributed by atoms with van der Waals surface area (Å²) in [6.45, 7) is 3.16. The van der Waals surface area contributed by atoms with Crippen LogP contribution in [-0.4, -0.2) is 70.3 Å². The van der Waals surface area contributed by atoms with Crippen LogP contribution in [-0.2, 0) is 53.3 Å². The number of anilines is 1. The van der Waals surface area contributed by atoms with E-state index in [1.165, 1.54) is 49.2 Å². The van der Waals surface area contributed by atoms with E-state index in [0.717, 1.165) is 23.9 Å². The summed E-state index contributed by atoms with van der Waals surface area (Å²) in [6.07, 6.45) is -2.25. The third kappa shape index (κ3) is 11.1. The molecule has 1 aliphatic rings. The Hall–Kier alpha value is -4.71. The Balaban J connectivity index is 0.00000358. The van der Waals surface area contributed by atoms with Gasteiger partial charge in [-0.3, -0.25) is 18.9 Å². The van der Waals surface area contributed by atoms with E-state index in [4.69, 9.17) is 21.7 Å². The Bertz CT molecular complexity index is 2560. The first-order valence-electron chi connectivity index (χ1n) is 18.7. The second-order valence-corrected chi connectivity index (χ2v) is 18.1. The van der Waals surface area contributed by atoms with Crippen molar-refractivity contribution in [2.45, 2.75) is 88.6 Å². The number of thioether (sulfide) groups is 1. The number of nitrogens with one attached hydrogen (secondary N) is 2. The molecule has 0 spiro atoms. The zero-order chi connectivity index (χ0) is 46.1. The number of carbonyl (C=O) groups excluding carboxylic acids is 1. The van der Waals surface area contributed by atoms with Gasteiger partial charge in [-0.05, 0) is 88.1 Å². The van der Waals surface area contributed by atoms with Crippen LogP contribution in [0.1, 0.15) is 74.1 Å². The van der Waals surface area contributed by atoms with Crippen LogP contribution in [0.25, 0.3) is 22.0 Å². The van der Waals surface area contributed by atoms with E-state index in [1.54, 1.807) is 0 Å². The summed E-state index contributed by atoms with van der Waals surface area (Å²) in [6, 6.07) is 7.07. The quantitative estimate of drug-likeness (QED) is 0.0843. The van der Waals surface area contributed by atoms with Crippen molar-refractivity contribution in [1.82, 2.24) is 29.9 Å². The summed E-state index contributed by atoms with van der Waals surface area (Å²) in [5.74, 6) is -0.417. The highest BCUT2D eigenvalue weighted by Crippen LogP contribution is 2.45. The lowest BCUT2D eigenvalue weighted by atomic mass is 9.93. The van der Waals surface area contributed by atoms with Gasteiger partial charge in [-0.1, -0.05) is 23.6 Å². The highest BCUT2D eigenvalue weighted by atomic mass is 35.5. The van der Waals surface area contributed by atoms with Crippen molar-refractivity contribution in [2.24, 2.45) is 0 Å². The largest absolute Gasteiger partial charge is 0.408 e. The molecule has 0 bridgehead atoms. The first kappa shape index (κ1) is 48.3. The Morgan fingerprint density at radius 2 is 1.68 bits per heavy atom. The number of hydrogen-bond acceptors (Lipinski definition) is 7. The maximum Gasteiger partial charge on any atom is 0.408 e. The number of pyridine rings is 1. The Morgan fingerprint density at radius 1 is 1.03 bits per heavy atom. The van der Waals surface area contributed by atoms with Gasteiger partial charge < -0.3 is 10.4 Å². The number of carbonyl (C=O) groups is 1. The Labute approximate surface area is 363 Å². The van der Waals surface area contributed by atoms with E-state index in [0.29, 0.717) is 17.7 Å². The van der Waals surface area contributed by atoms with Gasteiger partial charge in [0.1, 0.15) is 52.8 Å². The molecule has 5 aromatic rings. The number of aliphatic hydroxyl groups excluding tert-OH is 1. The number of amides is 1. The van der Waals surface area contributed by atoms with Crippen molar-refractivity contribution in [1.29, 1.82) is 0 Å². The number of halogens is 9. The molecule has 2 aromatic carbocycles. The van der Waals surface area contributed by atoms with Crippen molar-refractivity contribution in [3.8, 4) is 23.0 Å². The first-order chi connectivity index (χ1) is 28.9. The van der Waals surface area contributed by atoms with Crippen LogP contribution in [0.3, 0.4) is 0 Å². The summed E-state index contributed by atoms with van der Waals surface area (Å²) in [4.78, 5) is 18.9. The van der Waals surface area contributed by atoms with Gasteiger partial charge in [0.15, 0.2) is 5.82 Å². The summed E-state index contributed by atoms with van der Waals surface area (Å²) in [5, 5.41) is 17.7. The predicted octanol–water partition coefficient (Wildman–Crippen LogP) is 8.94. The number of hydrogen-bond donors (Lipinski definition) is 3. The minimum Gasteiger partial charge on any atom is -0.400 e.